The van der Waals surface area contributed by atoms with Crippen molar-refractivity contribution in [3.05, 3.63) is 58.1 Å². The van der Waals surface area contributed by atoms with Crippen LogP contribution in [0.3, 0.4) is 0 Å². The van der Waals surface area contributed by atoms with Gasteiger partial charge in [-0.1, -0.05) is 23.2 Å². The molecule has 0 saturated carbocycles. The van der Waals surface area contributed by atoms with Gasteiger partial charge in [0.1, 0.15) is 10.6 Å². The number of hydrogen-bond donors (Lipinski definition) is 2. The second-order valence-corrected chi connectivity index (χ2v) is 9.16. The number of morpholine rings is 1. The largest absolute Gasteiger partial charge is 0.484 e. The van der Waals surface area contributed by atoms with Gasteiger partial charge in [0, 0.05) is 23.7 Å². The van der Waals surface area contributed by atoms with Gasteiger partial charge in [-0.2, -0.15) is 4.31 Å². The second-order valence-electron chi connectivity index (χ2n) is 6.41. The first-order valence-electron chi connectivity index (χ1n) is 9.12. The van der Waals surface area contributed by atoms with Gasteiger partial charge in [0.2, 0.25) is 10.0 Å². The molecule has 166 valence electrons. The van der Waals surface area contributed by atoms with Crippen molar-refractivity contribution in [3.8, 4) is 5.75 Å². The van der Waals surface area contributed by atoms with Crippen molar-refractivity contribution < 1.29 is 27.5 Å². The molecule has 1 saturated heterocycles. The SMILES string of the molecule is O=C(COc1ccc(Cl)cc1)NNC(=O)c1ccc(Cl)c(S(=O)(=O)N2CCOCC2)c1. The van der Waals surface area contributed by atoms with Crippen LogP contribution in [0.2, 0.25) is 10.0 Å². The standard InChI is InChI=1S/C19H19Cl2N3O6S/c20-14-2-4-15(5-3-14)30-12-18(25)22-23-19(26)13-1-6-16(21)17(11-13)31(27,28)24-7-9-29-10-8-24/h1-6,11H,7-10,12H2,(H,22,25)(H,23,26). The Hall–Kier alpha value is -2.37. The highest BCUT2D eigenvalue weighted by atomic mass is 35.5. The number of benzene rings is 2. The van der Waals surface area contributed by atoms with Gasteiger partial charge < -0.3 is 9.47 Å². The number of amides is 2. The highest BCUT2D eigenvalue weighted by molar-refractivity contribution is 7.89. The number of nitrogens with one attached hydrogen (secondary N) is 2. The van der Waals surface area contributed by atoms with Crippen LogP contribution in [0.4, 0.5) is 0 Å². The third-order valence-corrected chi connectivity index (χ3v) is 6.91. The minimum Gasteiger partial charge on any atom is -0.484 e. The highest BCUT2D eigenvalue weighted by Gasteiger charge is 2.29. The molecule has 0 atom stereocenters. The molecular formula is C19H19Cl2N3O6S. The van der Waals surface area contributed by atoms with Gasteiger partial charge >= 0.3 is 0 Å². The molecule has 1 heterocycles. The fraction of sp³-hybridized carbons (Fsp3) is 0.263. The van der Waals surface area contributed by atoms with Gasteiger partial charge in [-0.3, -0.25) is 20.4 Å². The number of hydrogen-bond acceptors (Lipinski definition) is 6. The monoisotopic (exact) mass is 487 g/mol. The van der Waals surface area contributed by atoms with Crippen LogP contribution in [-0.2, 0) is 19.6 Å². The summed E-state index contributed by atoms with van der Waals surface area (Å²) in [6.07, 6.45) is 0. The van der Waals surface area contributed by atoms with E-state index >= 15 is 0 Å². The van der Waals surface area contributed by atoms with Gasteiger partial charge in [-0.25, -0.2) is 8.42 Å². The fourth-order valence-electron chi connectivity index (χ4n) is 2.68. The number of hydrazine groups is 1. The van der Waals surface area contributed by atoms with Crippen LogP contribution in [0.1, 0.15) is 10.4 Å². The summed E-state index contributed by atoms with van der Waals surface area (Å²) in [5, 5.41) is 0.519. The lowest BCUT2D eigenvalue weighted by atomic mass is 10.2. The minimum atomic E-state index is -3.90. The van der Waals surface area contributed by atoms with Gasteiger partial charge in [-0.15, -0.1) is 0 Å². The summed E-state index contributed by atoms with van der Waals surface area (Å²) in [5.74, 6) is -0.894. The van der Waals surface area contributed by atoms with E-state index in [1.807, 2.05) is 0 Å². The summed E-state index contributed by atoms with van der Waals surface area (Å²) in [4.78, 5) is 24.1. The Balaban J connectivity index is 1.60. The van der Waals surface area contributed by atoms with E-state index in [9.17, 15) is 18.0 Å². The minimum absolute atomic E-state index is 0.00940. The highest BCUT2D eigenvalue weighted by Crippen LogP contribution is 2.26. The Morgan fingerprint density at radius 2 is 1.71 bits per heavy atom. The van der Waals surface area contributed by atoms with E-state index in [-0.39, 0.29) is 48.4 Å². The Labute approximate surface area is 189 Å². The van der Waals surface area contributed by atoms with Crippen molar-refractivity contribution >= 4 is 45.0 Å². The Morgan fingerprint density at radius 1 is 1.03 bits per heavy atom. The first kappa shape index (κ1) is 23.3. The molecule has 0 spiro atoms. The Bertz CT molecular complexity index is 1060. The van der Waals surface area contributed by atoms with Crippen LogP contribution in [0.15, 0.2) is 47.4 Å². The van der Waals surface area contributed by atoms with E-state index in [0.29, 0.717) is 10.8 Å². The van der Waals surface area contributed by atoms with Gasteiger partial charge in [0.05, 0.1) is 18.2 Å². The van der Waals surface area contributed by atoms with Crippen molar-refractivity contribution in [1.29, 1.82) is 0 Å². The summed E-state index contributed by atoms with van der Waals surface area (Å²) in [6.45, 7) is 0.596. The quantitative estimate of drug-likeness (QED) is 0.601. The van der Waals surface area contributed by atoms with Gasteiger partial charge in [0.15, 0.2) is 6.61 Å². The van der Waals surface area contributed by atoms with Crippen LogP contribution >= 0.6 is 23.2 Å². The van der Waals surface area contributed by atoms with Crippen molar-refractivity contribution in [3.63, 3.8) is 0 Å². The maximum absolute atomic E-state index is 12.8. The molecule has 1 aliphatic rings. The lowest BCUT2D eigenvalue weighted by Gasteiger charge is -2.26. The summed E-state index contributed by atoms with van der Waals surface area (Å²) in [5.41, 5.74) is 4.42. The van der Waals surface area contributed by atoms with E-state index in [0.717, 1.165) is 0 Å². The zero-order valence-corrected chi connectivity index (χ0v) is 18.5. The second kappa shape index (κ2) is 10.3. The van der Waals surface area contributed by atoms with Crippen LogP contribution in [-0.4, -0.2) is 57.4 Å². The van der Waals surface area contributed by atoms with Crippen LogP contribution in [0.5, 0.6) is 5.75 Å². The number of carbonyl (C=O) groups excluding carboxylic acids is 2. The van der Waals surface area contributed by atoms with E-state index in [4.69, 9.17) is 32.7 Å². The number of rotatable bonds is 6. The number of ether oxygens (including phenoxy) is 2. The molecule has 0 aromatic heterocycles. The van der Waals surface area contributed by atoms with Gasteiger partial charge in [-0.05, 0) is 42.5 Å². The third-order valence-electron chi connectivity index (χ3n) is 4.28. The summed E-state index contributed by atoms with van der Waals surface area (Å²) in [6, 6.07) is 10.2. The molecule has 1 aliphatic heterocycles. The van der Waals surface area contributed by atoms with Crippen molar-refractivity contribution in [2.75, 3.05) is 32.9 Å². The van der Waals surface area contributed by atoms with Crippen molar-refractivity contribution in [2.24, 2.45) is 0 Å². The molecule has 12 heteroatoms. The maximum atomic E-state index is 12.8. The first-order chi connectivity index (χ1) is 14.8. The average molecular weight is 488 g/mol. The number of halogens is 2. The smallest absolute Gasteiger partial charge is 0.276 e. The lowest BCUT2D eigenvalue weighted by molar-refractivity contribution is -0.123. The Morgan fingerprint density at radius 3 is 2.39 bits per heavy atom. The molecule has 1 fully saturated rings. The molecule has 3 rings (SSSR count). The lowest BCUT2D eigenvalue weighted by Crippen LogP contribution is -2.44. The third kappa shape index (κ3) is 6.08. The van der Waals surface area contributed by atoms with Crippen molar-refractivity contribution in [1.82, 2.24) is 15.2 Å². The molecule has 2 amide bonds. The molecule has 9 nitrogen and oxygen atoms in total. The molecule has 0 radical (unpaired) electrons. The average Bonchev–Trinajstić information content (AvgIpc) is 2.78. The number of nitrogens with zero attached hydrogens (tertiary/aromatic N) is 1. The van der Waals surface area contributed by atoms with E-state index in [2.05, 4.69) is 10.9 Å². The predicted molar refractivity (Wildman–Crippen MR) is 114 cm³/mol. The van der Waals surface area contributed by atoms with E-state index < -0.39 is 21.8 Å². The van der Waals surface area contributed by atoms with Crippen LogP contribution in [0.25, 0.3) is 0 Å². The zero-order chi connectivity index (χ0) is 22.4. The normalized spacial score (nSPS) is 14.6. The number of sulfonamides is 1. The molecule has 2 aromatic rings. The predicted octanol–water partition coefficient (Wildman–Crippen LogP) is 1.85. The van der Waals surface area contributed by atoms with E-state index in [1.54, 1.807) is 24.3 Å². The topological polar surface area (TPSA) is 114 Å². The summed E-state index contributed by atoms with van der Waals surface area (Å²) in [7, 11) is -3.90. The van der Waals surface area contributed by atoms with Gasteiger partial charge in [0.25, 0.3) is 11.8 Å². The fourth-order valence-corrected chi connectivity index (χ4v) is 4.72. The molecular weight excluding hydrogens is 469 g/mol. The van der Waals surface area contributed by atoms with Crippen LogP contribution < -0.4 is 15.6 Å². The molecule has 2 aromatic carbocycles. The molecule has 2 N–H and O–H groups in total. The zero-order valence-electron chi connectivity index (χ0n) is 16.1. The molecule has 0 aliphatic carbocycles. The Kier molecular flexibility index (Phi) is 7.74. The van der Waals surface area contributed by atoms with Crippen molar-refractivity contribution in [2.45, 2.75) is 4.90 Å². The van der Waals surface area contributed by atoms with Crippen LogP contribution in [0, 0.1) is 0 Å². The first-order valence-corrected chi connectivity index (χ1v) is 11.3. The number of carbonyl (C=O) groups is 2. The molecule has 0 bridgehead atoms. The van der Waals surface area contributed by atoms with E-state index in [1.165, 1.54) is 22.5 Å². The molecule has 0 unspecified atom stereocenters. The molecule has 31 heavy (non-hydrogen) atoms. The maximum Gasteiger partial charge on any atom is 0.276 e. The summed E-state index contributed by atoms with van der Waals surface area (Å²) < 4.78 is 37.4. The summed E-state index contributed by atoms with van der Waals surface area (Å²) >= 11 is 11.9.